The van der Waals surface area contributed by atoms with E-state index in [0.29, 0.717) is 11.1 Å². The van der Waals surface area contributed by atoms with Crippen LogP contribution in [0.2, 0.25) is 0 Å². The maximum atomic E-state index is 13.5. The summed E-state index contributed by atoms with van der Waals surface area (Å²) in [6.07, 6.45) is 1.00. The Hall–Kier alpha value is -4.95. The molecule has 0 aliphatic heterocycles. The second-order valence-electron chi connectivity index (χ2n) is 9.75. The molecule has 3 rings (SSSR count). The fourth-order valence-electron chi connectivity index (χ4n) is 4.26. The van der Waals surface area contributed by atoms with Crippen molar-refractivity contribution in [1.82, 2.24) is 20.9 Å². The van der Waals surface area contributed by atoms with Crippen molar-refractivity contribution in [2.45, 2.75) is 49.9 Å². The first-order valence-electron chi connectivity index (χ1n) is 13.1. The van der Waals surface area contributed by atoms with Crippen molar-refractivity contribution in [3.05, 3.63) is 65.9 Å². The summed E-state index contributed by atoms with van der Waals surface area (Å²) in [7, 11) is 0. The fourth-order valence-corrected chi connectivity index (χ4v) is 4.26. The van der Waals surface area contributed by atoms with Crippen LogP contribution in [0.15, 0.2) is 54.7 Å². The number of benzene rings is 2. The van der Waals surface area contributed by atoms with Gasteiger partial charge in [0.15, 0.2) is 0 Å². The van der Waals surface area contributed by atoms with Crippen LogP contribution in [0.25, 0.3) is 10.9 Å². The predicted molar refractivity (Wildman–Crippen MR) is 151 cm³/mol. The highest BCUT2D eigenvalue weighted by Gasteiger charge is 2.31. The first-order chi connectivity index (χ1) is 20.0. The number of aromatic amines is 1. The minimum atomic E-state index is -1.38. The van der Waals surface area contributed by atoms with Gasteiger partial charge in [-0.3, -0.25) is 19.2 Å². The number of aromatic hydroxyl groups is 1. The van der Waals surface area contributed by atoms with Crippen molar-refractivity contribution in [1.29, 1.82) is 0 Å². The van der Waals surface area contributed by atoms with Gasteiger partial charge in [-0.15, -0.1) is 0 Å². The van der Waals surface area contributed by atoms with Gasteiger partial charge in [0, 0.05) is 36.4 Å². The number of hydrogen-bond donors (Lipinski definition) is 9. The molecule has 42 heavy (non-hydrogen) atoms. The minimum Gasteiger partial charge on any atom is -0.508 e. The Bertz CT molecular complexity index is 1420. The number of aliphatic hydroxyl groups excluding tert-OH is 1. The largest absolute Gasteiger partial charge is 0.508 e. The monoisotopic (exact) mass is 582 g/mol. The van der Waals surface area contributed by atoms with Gasteiger partial charge >= 0.3 is 5.97 Å². The second kappa shape index (κ2) is 14.6. The number of aromatic nitrogens is 1. The second-order valence-corrected chi connectivity index (χ2v) is 9.75. The molecular weight excluding hydrogens is 548 g/mol. The molecule has 2 aromatic carbocycles. The van der Waals surface area contributed by atoms with Crippen LogP contribution in [0.5, 0.6) is 5.75 Å². The third-order valence-corrected chi connectivity index (χ3v) is 6.57. The number of primary amides is 1. The highest BCUT2D eigenvalue weighted by molar-refractivity contribution is 5.95. The smallest absolute Gasteiger partial charge is 0.326 e. The van der Waals surface area contributed by atoms with Gasteiger partial charge in [-0.25, -0.2) is 4.79 Å². The van der Waals surface area contributed by atoms with Crippen molar-refractivity contribution in [2.75, 3.05) is 6.61 Å². The average Bonchev–Trinajstić information content (AvgIpc) is 3.37. The van der Waals surface area contributed by atoms with Crippen molar-refractivity contribution in [3.8, 4) is 5.75 Å². The number of nitrogens with two attached hydrogens (primary N) is 2. The van der Waals surface area contributed by atoms with Crippen LogP contribution in [0.4, 0.5) is 0 Å². The van der Waals surface area contributed by atoms with Gasteiger partial charge in [-0.05, 0) is 35.7 Å². The summed E-state index contributed by atoms with van der Waals surface area (Å²) in [6, 6.07) is 7.71. The molecule has 0 fully saturated rings. The van der Waals surface area contributed by atoms with E-state index in [4.69, 9.17) is 11.5 Å². The van der Waals surface area contributed by atoms with Crippen LogP contribution in [-0.2, 0) is 36.8 Å². The first-order valence-corrected chi connectivity index (χ1v) is 13.1. The molecule has 224 valence electrons. The molecule has 0 radical (unpaired) electrons. The van der Waals surface area contributed by atoms with E-state index in [0.717, 1.165) is 10.9 Å². The molecule has 1 heterocycles. The quantitative estimate of drug-likeness (QED) is 0.104. The standard InChI is InChI=1S/C28H34N6O8/c29-19(14-35)25(38)32-21(9-10-24(30)37)26(39)33-22(12-16-13-31-20-4-2-1-3-18(16)20)27(40)34-23(28(41)42)11-15-5-7-17(36)8-6-15/h1-8,13,19,21-23,31,35-36H,9-12,14,29H2,(H2,30,37)(H,32,38)(H,33,39)(H,34,40)(H,41,42). The van der Waals surface area contributed by atoms with Gasteiger partial charge in [-0.2, -0.15) is 0 Å². The van der Waals surface area contributed by atoms with Crippen LogP contribution in [-0.4, -0.2) is 80.7 Å². The van der Waals surface area contributed by atoms with E-state index in [9.17, 15) is 39.3 Å². The molecule has 0 aliphatic carbocycles. The summed E-state index contributed by atoms with van der Waals surface area (Å²) in [4.78, 5) is 65.7. The third kappa shape index (κ3) is 8.78. The van der Waals surface area contributed by atoms with Crippen LogP contribution < -0.4 is 27.4 Å². The van der Waals surface area contributed by atoms with E-state index in [-0.39, 0.29) is 31.4 Å². The lowest BCUT2D eigenvalue weighted by atomic mass is 10.0. The van der Waals surface area contributed by atoms with E-state index in [1.807, 2.05) is 18.2 Å². The molecule has 4 atom stereocenters. The molecule has 0 saturated heterocycles. The van der Waals surface area contributed by atoms with Crippen LogP contribution in [0, 0.1) is 0 Å². The summed E-state index contributed by atoms with van der Waals surface area (Å²) in [5, 5.41) is 36.7. The van der Waals surface area contributed by atoms with Gasteiger partial charge in [0.25, 0.3) is 0 Å². The summed E-state index contributed by atoms with van der Waals surface area (Å²) in [5.41, 5.74) is 12.7. The first kappa shape index (κ1) is 31.6. The lowest BCUT2D eigenvalue weighted by Crippen LogP contribution is -2.58. The van der Waals surface area contributed by atoms with E-state index in [1.165, 1.54) is 24.3 Å². The van der Waals surface area contributed by atoms with Crippen molar-refractivity contribution >= 4 is 40.5 Å². The van der Waals surface area contributed by atoms with E-state index >= 15 is 0 Å². The van der Waals surface area contributed by atoms with E-state index in [1.54, 1.807) is 12.3 Å². The zero-order chi connectivity index (χ0) is 30.8. The number of nitrogens with one attached hydrogen (secondary N) is 4. The number of phenolic OH excluding ortho intramolecular Hbond substituents is 1. The molecule has 0 bridgehead atoms. The average molecular weight is 583 g/mol. The number of amides is 4. The highest BCUT2D eigenvalue weighted by atomic mass is 16.4. The topological polar surface area (TPSA) is 250 Å². The maximum absolute atomic E-state index is 13.5. The molecule has 0 saturated carbocycles. The number of carbonyl (C=O) groups is 5. The van der Waals surface area contributed by atoms with E-state index < -0.39 is 60.4 Å². The Morgan fingerprint density at radius 1 is 0.833 bits per heavy atom. The summed E-state index contributed by atoms with van der Waals surface area (Å²) >= 11 is 0. The molecule has 1 aromatic heterocycles. The minimum absolute atomic E-state index is 0.00547. The van der Waals surface area contributed by atoms with E-state index in [2.05, 4.69) is 20.9 Å². The number of hydrogen-bond acceptors (Lipinski definition) is 8. The van der Waals surface area contributed by atoms with Gasteiger partial charge < -0.3 is 47.7 Å². The summed E-state index contributed by atoms with van der Waals surface area (Å²) in [5.74, 6) is -4.58. The number of carbonyl (C=O) groups excluding carboxylic acids is 4. The van der Waals surface area contributed by atoms with Crippen LogP contribution in [0.3, 0.4) is 0 Å². The lowest BCUT2D eigenvalue weighted by Gasteiger charge is -2.25. The Labute approximate surface area is 240 Å². The molecule has 11 N–H and O–H groups in total. The van der Waals surface area contributed by atoms with Gasteiger partial charge in [0.2, 0.25) is 23.6 Å². The molecule has 4 amide bonds. The number of carboxylic acid groups (broad SMARTS) is 1. The maximum Gasteiger partial charge on any atom is 0.326 e. The number of phenols is 1. The van der Waals surface area contributed by atoms with Gasteiger partial charge in [-0.1, -0.05) is 30.3 Å². The number of para-hydroxylation sites is 1. The van der Waals surface area contributed by atoms with Gasteiger partial charge in [0.1, 0.15) is 29.9 Å². The molecular formula is C28H34N6O8. The normalized spacial score (nSPS) is 13.9. The number of fused-ring (bicyclic) bond motifs is 1. The zero-order valence-electron chi connectivity index (χ0n) is 22.6. The molecule has 14 nitrogen and oxygen atoms in total. The number of aliphatic hydroxyl groups is 1. The Kier molecular flexibility index (Phi) is 11.0. The molecule has 3 aromatic rings. The van der Waals surface area contributed by atoms with Crippen molar-refractivity contribution in [2.24, 2.45) is 11.5 Å². The highest BCUT2D eigenvalue weighted by Crippen LogP contribution is 2.20. The number of carboxylic acids is 1. The Morgan fingerprint density at radius 2 is 1.45 bits per heavy atom. The van der Waals surface area contributed by atoms with Crippen LogP contribution >= 0.6 is 0 Å². The predicted octanol–water partition coefficient (Wildman–Crippen LogP) is -1.22. The third-order valence-electron chi connectivity index (χ3n) is 6.57. The molecule has 0 spiro atoms. The zero-order valence-corrected chi connectivity index (χ0v) is 22.6. The SMILES string of the molecule is NC(=O)CCC(NC(=O)C(N)CO)C(=O)NC(Cc1c[nH]c2ccccc12)C(=O)NC(Cc1ccc(O)cc1)C(=O)O. The summed E-state index contributed by atoms with van der Waals surface area (Å²) in [6.45, 7) is -0.695. The Morgan fingerprint density at radius 3 is 2.10 bits per heavy atom. The lowest BCUT2D eigenvalue weighted by molar-refractivity contribution is -0.142. The van der Waals surface area contributed by atoms with Crippen LogP contribution in [0.1, 0.15) is 24.0 Å². The van der Waals surface area contributed by atoms with Crippen molar-refractivity contribution in [3.63, 3.8) is 0 Å². The van der Waals surface area contributed by atoms with Gasteiger partial charge in [0.05, 0.1) is 6.61 Å². The summed E-state index contributed by atoms with van der Waals surface area (Å²) < 4.78 is 0. The Balaban J connectivity index is 1.87. The number of aliphatic carboxylic acids is 1. The molecule has 4 unspecified atom stereocenters. The number of H-pyrrole nitrogens is 1. The number of rotatable bonds is 15. The molecule has 0 aliphatic rings. The molecule has 14 heteroatoms. The van der Waals surface area contributed by atoms with Crippen molar-refractivity contribution < 1.29 is 39.3 Å². The fraction of sp³-hybridized carbons (Fsp3) is 0.321.